The third-order valence-electron chi connectivity index (χ3n) is 2.66. The van der Waals surface area contributed by atoms with E-state index in [-0.39, 0.29) is 11.5 Å². The van der Waals surface area contributed by atoms with Gasteiger partial charge >= 0.3 is 0 Å². The molecule has 0 aliphatic carbocycles. The predicted octanol–water partition coefficient (Wildman–Crippen LogP) is 3.08. The first-order chi connectivity index (χ1) is 6.63. The van der Waals surface area contributed by atoms with Crippen LogP contribution in [0.5, 0.6) is 11.5 Å². The molecule has 0 aliphatic heterocycles. The molecule has 1 atom stereocenters. The van der Waals surface area contributed by atoms with Crippen molar-refractivity contribution < 1.29 is 10.2 Å². The van der Waals surface area contributed by atoms with E-state index in [0.29, 0.717) is 5.92 Å². The Labute approximate surface area is 85.2 Å². The molecule has 0 bridgehead atoms. The number of phenols is 2. The van der Waals surface area contributed by atoms with Crippen LogP contribution in [0.1, 0.15) is 32.3 Å². The molecule has 2 nitrogen and oxygen atoms in total. The third kappa shape index (κ3) is 2.95. The molecule has 1 aromatic carbocycles. The molecule has 0 aliphatic rings. The minimum absolute atomic E-state index is 0.0216. The third-order valence-corrected chi connectivity index (χ3v) is 2.66. The van der Waals surface area contributed by atoms with Crippen molar-refractivity contribution in [3.63, 3.8) is 0 Å². The number of hydrogen-bond acceptors (Lipinski definition) is 2. The van der Waals surface area contributed by atoms with Crippen molar-refractivity contribution in [3.8, 4) is 11.5 Å². The summed E-state index contributed by atoms with van der Waals surface area (Å²) in [6.07, 6.45) is 3.27. The zero-order valence-corrected chi connectivity index (χ0v) is 8.83. The maximum Gasteiger partial charge on any atom is 0.157 e. The fraction of sp³-hybridized carbons (Fsp3) is 0.500. The van der Waals surface area contributed by atoms with Gasteiger partial charge in [-0.15, -0.1) is 0 Å². The highest BCUT2D eigenvalue weighted by atomic mass is 16.3. The van der Waals surface area contributed by atoms with Crippen LogP contribution in [0, 0.1) is 5.92 Å². The fourth-order valence-electron chi connectivity index (χ4n) is 1.34. The second kappa shape index (κ2) is 4.89. The smallest absolute Gasteiger partial charge is 0.157 e. The van der Waals surface area contributed by atoms with Crippen LogP contribution in [0.15, 0.2) is 18.2 Å². The molecular formula is C12H18O2. The highest BCUT2D eigenvalue weighted by Crippen LogP contribution is 2.26. The lowest BCUT2D eigenvalue weighted by atomic mass is 9.99. The first kappa shape index (κ1) is 10.9. The van der Waals surface area contributed by atoms with E-state index in [1.54, 1.807) is 12.1 Å². The summed E-state index contributed by atoms with van der Waals surface area (Å²) in [4.78, 5) is 0. The normalized spacial score (nSPS) is 12.7. The van der Waals surface area contributed by atoms with Gasteiger partial charge in [-0.2, -0.15) is 0 Å². The van der Waals surface area contributed by atoms with Gasteiger partial charge in [-0.3, -0.25) is 0 Å². The molecule has 78 valence electrons. The molecule has 0 radical (unpaired) electrons. The van der Waals surface area contributed by atoms with Gasteiger partial charge in [0.05, 0.1) is 0 Å². The first-order valence-corrected chi connectivity index (χ1v) is 5.14. The van der Waals surface area contributed by atoms with Crippen LogP contribution in [-0.4, -0.2) is 10.2 Å². The molecule has 0 saturated carbocycles. The molecule has 0 spiro atoms. The molecule has 2 N–H and O–H groups in total. The number of phenolic OH excluding ortho intramolecular Hbond substituents is 2. The molecule has 0 amide bonds. The SMILES string of the molecule is CCC(C)CCc1ccc(O)c(O)c1. The molecular weight excluding hydrogens is 176 g/mol. The van der Waals surface area contributed by atoms with Gasteiger partial charge in [0.2, 0.25) is 0 Å². The molecule has 2 heteroatoms. The van der Waals surface area contributed by atoms with E-state index in [9.17, 15) is 5.11 Å². The van der Waals surface area contributed by atoms with Gasteiger partial charge in [0.1, 0.15) is 0 Å². The van der Waals surface area contributed by atoms with Gasteiger partial charge < -0.3 is 10.2 Å². The Balaban J connectivity index is 2.55. The molecule has 1 rings (SSSR count). The number of rotatable bonds is 4. The van der Waals surface area contributed by atoms with Crippen LogP contribution in [0.4, 0.5) is 0 Å². The van der Waals surface area contributed by atoms with E-state index in [1.807, 2.05) is 6.07 Å². The van der Waals surface area contributed by atoms with E-state index < -0.39 is 0 Å². The van der Waals surface area contributed by atoms with Gasteiger partial charge in [-0.1, -0.05) is 26.3 Å². The molecule has 0 fully saturated rings. The van der Waals surface area contributed by atoms with Crippen molar-refractivity contribution in [1.29, 1.82) is 0 Å². The molecule has 14 heavy (non-hydrogen) atoms. The standard InChI is InChI=1S/C12H18O2/c1-3-9(2)4-5-10-6-7-11(13)12(14)8-10/h6-9,13-14H,3-5H2,1-2H3. The van der Waals surface area contributed by atoms with E-state index >= 15 is 0 Å². The van der Waals surface area contributed by atoms with Gasteiger partial charge in [0.15, 0.2) is 11.5 Å². The second-order valence-electron chi connectivity index (χ2n) is 3.88. The van der Waals surface area contributed by atoms with Crippen LogP contribution < -0.4 is 0 Å². The summed E-state index contributed by atoms with van der Waals surface area (Å²) in [6, 6.07) is 5.04. The largest absolute Gasteiger partial charge is 0.504 e. The minimum atomic E-state index is -0.0442. The summed E-state index contributed by atoms with van der Waals surface area (Å²) in [5.74, 6) is 0.648. The van der Waals surface area contributed by atoms with E-state index in [4.69, 9.17) is 5.11 Å². The van der Waals surface area contributed by atoms with Gasteiger partial charge in [0, 0.05) is 0 Å². The Morgan fingerprint density at radius 1 is 1.21 bits per heavy atom. The highest BCUT2D eigenvalue weighted by Gasteiger charge is 2.03. The lowest BCUT2D eigenvalue weighted by Crippen LogP contribution is -1.95. The van der Waals surface area contributed by atoms with Crippen molar-refractivity contribution in [2.75, 3.05) is 0 Å². The number of aromatic hydroxyl groups is 2. The summed E-state index contributed by atoms with van der Waals surface area (Å²) < 4.78 is 0. The summed E-state index contributed by atoms with van der Waals surface area (Å²) in [5, 5.41) is 18.4. The van der Waals surface area contributed by atoms with Gasteiger partial charge in [-0.25, -0.2) is 0 Å². The fourth-order valence-corrected chi connectivity index (χ4v) is 1.34. The summed E-state index contributed by atoms with van der Waals surface area (Å²) in [7, 11) is 0. The van der Waals surface area contributed by atoms with E-state index in [2.05, 4.69) is 13.8 Å². The van der Waals surface area contributed by atoms with Gasteiger partial charge in [-0.05, 0) is 36.5 Å². The zero-order valence-electron chi connectivity index (χ0n) is 8.83. The van der Waals surface area contributed by atoms with Crippen LogP contribution in [-0.2, 0) is 6.42 Å². The quantitative estimate of drug-likeness (QED) is 0.723. The average Bonchev–Trinajstić information content (AvgIpc) is 2.19. The minimum Gasteiger partial charge on any atom is -0.504 e. The number of hydrogen-bond donors (Lipinski definition) is 2. The predicted molar refractivity (Wildman–Crippen MR) is 57.5 cm³/mol. The van der Waals surface area contributed by atoms with Gasteiger partial charge in [0.25, 0.3) is 0 Å². The van der Waals surface area contributed by atoms with E-state index in [1.165, 1.54) is 6.42 Å². The van der Waals surface area contributed by atoms with Crippen molar-refractivity contribution in [2.45, 2.75) is 33.1 Å². The Morgan fingerprint density at radius 3 is 2.50 bits per heavy atom. The summed E-state index contributed by atoms with van der Waals surface area (Å²) in [6.45, 7) is 4.40. The van der Waals surface area contributed by atoms with Crippen molar-refractivity contribution >= 4 is 0 Å². The Morgan fingerprint density at radius 2 is 1.93 bits per heavy atom. The van der Waals surface area contributed by atoms with Crippen LogP contribution in [0.25, 0.3) is 0 Å². The second-order valence-corrected chi connectivity index (χ2v) is 3.88. The zero-order chi connectivity index (χ0) is 10.6. The average molecular weight is 194 g/mol. The lowest BCUT2D eigenvalue weighted by molar-refractivity contribution is 0.402. The molecule has 0 saturated heterocycles. The molecule has 0 aromatic heterocycles. The lowest BCUT2D eigenvalue weighted by Gasteiger charge is -2.08. The highest BCUT2D eigenvalue weighted by molar-refractivity contribution is 5.40. The number of aryl methyl sites for hydroxylation is 1. The number of benzene rings is 1. The first-order valence-electron chi connectivity index (χ1n) is 5.14. The topological polar surface area (TPSA) is 40.5 Å². The Hall–Kier alpha value is -1.18. The van der Waals surface area contributed by atoms with Crippen LogP contribution >= 0.6 is 0 Å². The Bertz CT molecular complexity index is 294. The van der Waals surface area contributed by atoms with Crippen LogP contribution in [0.3, 0.4) is 0 Å². The summed E-state index contributed by atoms with van der Waals surface area (Å²) in [5.41, 5.74) is 1.08. The van der Waals surface area contributed by atoms with Crippen molar-refractivity contribution in [1.82, 2.24) is 0 Å². The van der Waals surface area contributed by atoms with E-state index in [0.717, 1.165) is 18.4 Å². The van der Waals surface area contributed by atoms with Crippen molar-refractivity contribution in [2.24, 2.45) is 5.92 Å². The Kier molecular flexibility index (Phi) is 3.81. The molecule has 0 heterocycles. The molecule has 1 aromatic rings. The van der Waals surface area contributed by atoms with Crippen molar-refractivity contribution in [3.05, 3.63) is 23.8 Å². The monoisotopic (exact) mass is 194 g/mol. The summed E-state index contributed by atoms with van der Waals surface area (Å²) >= 11 is 0. The maximum absolute atomic E-state index is 9.27. The van der Waals surface area contributed by atoms with Crippen LogP contribution in [0.2, 0.25) is 0 Å². The maximum atomic E-state index is 9.27. The molecule has 1 unspecified atom stereocenters.